The van der Waals surface area contributed by atoms with Gasteiger partial charge in [0.05, 0.1) is 0 Å². The van der Waals surface area contributed by atoms with E-state index in [-0.39, 0.29) is 0 Å². The second kappa shape index (κ2) is 6.40. The molecule has 0 heterocycles. The number of hydrogen-bond donors (Lipinski definition) is 1. The fraction of sp³-hybridized carbons (Fsp3) is 0.455. The Morgan fingerprint density at radius 2 is 2.21 bits per heavy atom. The van der Waals surface area contributed by atoms with Crippen LogP contribution in [0.1, 0.15) is 12.5 Å². The smallest absolute Gasteiger partial charge is 0.189 e. The molecule has 0 aromatic heterocycles. The van der Waals surface area contributed by atoms with Crippen LogP contribution in [-0.4, -0.2) is 20.4 Å². The van der Waals surface area contributed by atoms with Crippen LogP contribution in [0, 0.1) is 0 Å². The lowest BCUT2D eigenvalue weighted by molar-refractivity contribution is 0.0224. The number of benzene rings is 1. The van der Waals surface area contributed by atoms with Gasteiger partial charge in [-0.05, 0) is 31.7 Å². The highest BCUT2D eigenvalue weighted by atomic mass is 16.7. The first-order valence-corrected chi connectivity index (χ1v) is 4.81. The minimum atomic E-state index is 0.319. The molecule has 0 aliphatic carbocycles. The van der Waals surface area contributed by atoms with E-state index in [9.17, 15) is 0 Å². The Morgan fingerprint density at radius 3 is 2.93 bits per heavy atom. The summed E-state index contributed by atoms with van der Waals surface area (Å²) in [6.45, 7) is 3.79. The van der Waals surface area contributed by atoms with Gasteiger partial charge in [0.2, 0.25) is 0 Å². The molecular formula is C11H17NO2. The average Bonchev–Trinajstić information content (AvgIpc) is 2.19. The predicted octanol–water partition coefficient (Wildman–Crippen LogP) is 1.78. The third kappa shape index (κ3) is 3.77. The van der Waals surface area contributed by atoms with E-state index in [1.807, 2.05) is 32.2 Å². The summed E-state index contributed by atoms with van der Waals surface area (Å²) in [5, 5.41) is 3.09. The maximum Gasteiger partial charge on any atom is 0.189 e. The fourth-order valence-corrected chi connectivity index (χ4v) is 1.14. The van der Waals surface area contributed by atoms with E-state index < -0.39 is 0 Å². The van der Waals surface area contributed by atoms with Crippen molar-refractivity contribution in [1.82, 2.24) is 5.32 Å². The SMILES string of the molecule is CCOCOc1cccc(CNC)c1. The van der Waals surface area contributed by atoms with Gasteiger partial charge < -0.3 is 14.8 Å². The largest absolute Gasteiger partial charge is 0.468 e. The normalized spacial score (nSPS) is 10.1. The molecule has 14 heavy (non-hydrogen) atoms. The van der Waals surface area contributed by atoms with E-state index in [0.29, 0.717) is 13.4 Å². The second-order valence-electron chi connectivity index (χ2n) is 2.93. The van der Waals surface area contributed by atoms with Gasteiger partial charge in [0.1, 0.15) is 5.75 Å². The first-order valence-electron chi connectivity index (χ1n) is 4.81. The summed E-state index contributed by atoms with van der Waals surface area (Å²) in [4.78, 5) is 0. The molecule has 0 aliphatic rings. The minimum absolute atomic E-state index is 0.319. The molecule has 0 radical (unpaired) electrons. The molecule has 0 aliphatic heterocycles. The highest BCUT2D eigenvalue weighted by molar-refractivity contribution is 5.28. The van der Waals surface area contributed by atoms with Crippen molar-refractivity contribution < 1.29 is 9.47 Å². The van der Waals surface area contributed by atoms with Crippen LogP contribution in [0.3, 0.4) is 0 Å². The Kier molecular flexibility index (Phi) is 5.04. The Balaban J connectivity index is 2.46. The summed E-state index contributed by atoms with van der Waals surface area (Å²) >= 11 is 0. The van der Waals surface area contributed by atoms with Gasteiger partial charge in [-0.25, -0.2) is 0 Å². The van der Waals surface area contributed by atoms with Crippen LogP contribution in [0.5, 0.6) is 5.75 Å². The summed E-state index contributed by atoms with van der Waals surface area (Å²) in [6, 6.07) is 7.98. The monoisotopic (exact) mass is 195 g/mol. The lowest BCUT2D eigenvalue weighted by Crippen LogP contribution is -2.06. The van der Waals surface area contributed by atoms with Crippen molar-refractivity contribution in [1.29, 1.82) is 0 Å². The molecule has 0 fully saturated rings. The first-order chi connectivity index (χ1) is 6.86. The van der Waals surface area contributed by atoms with Gasteiger partial charge in [-0.15, -0.1) is 0 Å². The minimum Gasteiger partial charge on any atom is -0.468 e. The quantitative estimate of drug-likeness (QED) is 0.554. The highest BCUT2D eigenvalue weighted by Crippen LogP contribution is 2.12. The zero-order valence-corrected chi connectivity index (χ0v) is 8.75. The summed E-state index contributed by atoms with van der Waals surface area (Å²) in [6.07, 6.45) is 0. The molecule has 1 N–H and O–H groups in total. The van der Waals surface area contributed by atoms with Crippen molar-refractivity contribution >= 4 is 0 Å². The standard InChI is InChI=1S/C11H17NO2/c1-3-13-9-14-11-6-4-5-10(7-11)8-12-2/h4-7,12H,3,8-9H2,1-2H3. The molecule has 1 rings (SSSR count). The van der Waals surface area contributed by atoms with Crippen molar-refractivity contribution in [3.05, 3.63) is 29.8 Å². The summed E-state index contributed by atoms with van der Waals surface area (Å²) in [7, 11) is 1.92. The predicted molar refractivity (Wildman–Crippen MR) is 56.3 cm³/mol. The highest BCUT2D eigenvalue weighted by Gasteiger charge is 1.95. The lowest BCUT2D eigenvalue weighted by atomic mass is 10.2. The van der Waals surface area contributed by atoms with Crippen LogP contribution in [0.2, 0.25) is 0 Å². The van der Waals surface area contributed by atoms with Crippen LogP contribution in [0.25, 0.3) is 0 Å². The molecule has 3 heteroatoms. The molecule has 0 bridgehead atoms. The lowest BCUT2D eigenvalue weighted by Gasteiger charge is -2.07. The topological polar surface area (TPSA) is 30.5 Å². The summed E-state index contributed by atoms with van der Waals surface area (Å²) in [5.41, 5.74) is 1.21. The molecule has 0 amide bonds. The van der Waals surface area contributed by atoms with Crippen molar-refractivity contribution in [3.63, 3.8) is 0 Å². The maximum atomic E-state index is 5.38. The van der Waals surface area contributed by atoms with Gasteiger partial charge in [-0.1, -0.05) is 12.1 Å². The zero-order chi connectivity index (χ0) is 10.2. The molecule has 3 nitrogen and oxygen atoms in total. The maximum absolute atomic E-state index is 5.38. The zero-order valence-electron chi connectivity index (χ0n) is 8.75. The van der Waals surface area contributed by atoms with E-state index in [2.05, 4.69) is 11.4 Å². The number of hydrogen-bond acceptors (Lipinski definition) is 3. The third-order valence-corrected chi connectivity index (χ3v) is 1.79. The van der Waals surface area contributed by atoms with Crippen LogP contribution in [0.15, 0.2) is 24.3 Å². The Labute approximate surface area is 85.0 Å². The van der Waals surface area contributed by atoms with Crippen LogP contribution in [-0.2, 0) is 11.3 Å². The van der Waals surface area contributed by atoms with Gasteiger partial charge in [-0.3, -0.25) is 0 Å². The number of nitrogens with one attached hydrogen (secondary N) is 1. The summed E-state index contributed by atoms with van der Waals surface area (Å²) < 4.78 is 10.5. The Hall–Kier alpha value is -1.06. The van der Waals surface area contributed by atoms with Crippen LogP contribution >= 0.6 is 0 Å². The van der Waals surface area contributed by atoms with Gasteiger partial charge >= 0.3 is 0 Å². The molecular weight excluding hydrogens is 178 g/mol. The van der Waals surface area contributed by atoms with Gasteiger partial charge in [0, 0.05) is 13.2 Å². The second-order valence-corrected chi connectivity index (χ2v) is 2.93. The molecule has 0 spiro atoms. The van der Waals surface area contributed by atoms with Crippen LogP contribution < -0.4 is 10.1 Å². The number of rotatable bonds is 6. The Morgan fingerprint density at radius 1 is 1.36 bits per heavy atom. The first kappa shape index (κ1) is 11.0. The fourth-order valence-electron chi connectivity index (χ4n) is 1.14. The van der Waals surface area contributed by atoms with Gasteiger partial charge in [0.25, 0.3) is 0 Å². The van der Waals surface area contributed by atoms with E-state index in [0.717, 1.165) is 12.3 Å². The van der Waals surface area contributed by atoms with E-state index in [1.54, 1.807) is 0 Å². The van der Waals surface area contributed by atoms with Crippen molar-refractivity contribution in [2.75, 3.05) is 20.4 Å². The number of ether oxygens (including phenoxy) is 2. The molecule has 1 aromatic rings. The molecule has 78 valence electrons. The molecule has 0 saturated carbocycles. The average molecular weight is 195 g/mol. The van der Waals surface area contributed by atoms with E-state index in [4.69, 9.17) is 9.47 Å². The Bertz CT molecular complexity index is 263. The molecule has 0 saturated heterocycles. The van der Waals surface area contributed by atoms with E-state index >= 15 is 0 Å². The molecule has 0 atom stereocenters. The van der Waals surface area contributed by atoms with Crippen molar-refractivity contribution in [2.24, 2.45) is 0 Å². The summed E-state index contributed by atoms with van der Waals surface area (Å²) in [5.74, 6) is 0.853. The molecule has 1 aromatic carbocycles. The van der Waals surface area contributed by atoms with Gasteiger partial charge in [-0.2, -0.15) is 0 Å². The van der Waals surface area contributed by atoms with Gasteiger partial charge in [0.15, 0.2) is 6.79 Å². The van der Waals surface area contributed by atoms with E-state index in [1.165, 1.54) is 5.56 Å². The molecule has 0 unspecified atom stereocenters. The van der Waals surface area contributed by atoms with Crippen molar-refractivity contribution in [3.8, 4) is 5.75 Å². The van der Waals surface area contributed by atoms with Crippen molar-refractivity contribution in [2.45, 2.75) is 13.5 Å². The van der Waals surface area contributed by atoms with Crippen LogP contribution in [0.4, 0.5) is 0 Å². The third-order valence-electron chi connectivity index (χ3n) is 1.79.